The predicted octanol–water partition coefficient (Wildman–Crippen LogP) is 8.98. The lowest BCUT2D eigenvalue weighted by molar-refractivity contribution is 0.165. The highest BCUT2D eigenvalue weighted by molar-refractivity contribution is 15.0. The molecule has 0 unspecified atom stereocenters. The van der Waals surface area contributed by atoms with E-state index in [4.69, 9.17) is 0 Å². The van der Waals surface area contributed by atoms with Gasteiger partial charge in [0, 0.05) is 40.1 Å². The van der Waals surface area contributed by atoms with E-state index in [1.54, 1.807) is 5.56 Å². The van der Waals surface area contributed by atoms with Crippen LogP contribution in [0.1, 0.15) is 89.3 Å². The monoisotopic (exact) mass is 556 g/mol. The number of hydrogen-bond donors (Lipinski definition) is 0. The number of rotatable bonds is 2. The summed E-state index contributed by atoms with van der Waals surface area (Å²) in [6, 6.07) is 4.94. The molecule has 0 spiro atoms. The molecule has 2 aliphatic carbocycles. The Labute approximate surface area is 176 Å². The van der Waals surface area contributed by atoms with Gasteiger partial charge < -0.3 is 0 Å². The highest BCUT2D eigenvalue weighted by Crippen LogP contribution is 2.44. The van der Waals surface area contributed by atoms with Gasteiger partial charge in [0.15, 0.2) is 0 Å². The van der Waals surface area contributed by atoms with Crippen molar-refractivity contribution in [3.8, 4) is 0 Å². The van der Waals surface area contributed by atoms with E-state index >= 15 is 0 Å². The van der Waals surface area contributed by atoms with E-state index in [0.717, 1.165) is 23.7 Å². The normalized spacial score (nSPS) is 30.4. The van der Waals surface area contributed by atoms with Gasteiger partial charge in [-0.1, -0.05) is 31.9 Å². The molecule has 0 aliphatic heterocycles. The maximum atomic E-state index is 2.47. The van der Waals surface area contributed by atoms with Crippen molar-refractivity contribution in [3.05, 3.63) is 34.4 Å². The number of hydrogen-bond acceptors (Lipinski definition) is 0. The van der Waals surface area contributed by atoms with Crippen LogP contribution in [0.15, 0.2) is 12.1 Å². The minimum absolute atomic E-state index is 0. The first-order chi connectivity index (χ1) is 11.5. The second-order valence-electron chi connectivity index (χ2n) is 8.41. The fourth-order valence-electron chi connectivity index (χ4n) is 4.99. The summed E-state index contributed by atoms with van der Waals surface area (Å²) in [6.45, 7) is 9.26. The second kappa shape index (κ2) is 10.1. The van der Waals surface area contributed by atoms with Crippen LogP contribution in [0, 0.1) is 38.5 Å². The summed E-state index contributed by atoms with van der Waals surface area (Å²) in [5.41, 5.74) is 6.07. The van der Waals surface area contributed by atoms with E-state index in [1.807, 2.05) is 0 Å². The zero-order valence-corrected chi connectivity index (χ0v) is 20.2. The third-order valence-electron chi connectivity index (χ3n) is 6.92. The molecule has 0 aromatic heterocycles. The second-order valence-corrected chi connectivity index (χ2v) is 8.41. The molecule has 0 nitrogen and oxygen atoms in total. The topological polar surface area (TPSA) is 0 Å². The maximum Gasteiger partial charge on any atom is 0 e. The predicted molar refractivity (Wildman–Crippen MR) is 129 cm³/mol. The minimum atomic E-state index is 0. The molecular formula is C22H38I2. The van der Waals surface area contributed by atoms with Crippen molar-refractivity contribution in [1.29, 1.82) is 0 Å². The maximum absolute atomic E-state index is 2.47. The van der Waals surface area contributed by atoms with Gasteiger partial charge in [0.1, 0.15) is 0 Å². The molecule has 2 saturated carbocycles. The van der Waals surface area contributed by atoms with E-state index in [1.165, 1.54) is 68.1 Å². The van der Waals surface area contributed by atoms with Crippen LogP contribution in [-0.2, 0) is 0 Å². The molecule has 0 radical (unpaired) electrons. The lowest BCUT2D eigenvalue weighted by Gasteiger charge is -2.37. The van der Waals surface area contributed by atoms with Gasteiger partial charge in [-0.2, -0.15) is 0 Å². The summed E-state index contributed by atoms with van der Waals surface area (Å²) < 4.78 is 0. The van der Waals surface area contributed by atoms with Crippen LogP contribution in [0.2, 0.25) is 0 Å². The molecule has 0 N–H and O–H groups in total. The van der Waals surface area contributed by atoms with Gasteiger partial charge in [-0.05, 0) is 105 Å². The smallest absolute Gasteiger partial charge is 0 e. The molecule has 2 heteroatoms. The Kier molecular flexibility index (Phi) is 8.86. The molecule has 0 atom stereocenters. The summed E-state index contributed by atoms with van der Waals surface area (Å²) in [7, 11) is 0. The fraction of sp³-hybridized carbons (Fsp3) is 0.727. The standard InChI is InChI=1S/C22H34.I2.2H2/c1-15-5-7-19(8-6-15)20-9-11-21(12-10-20)22-13-16(2)18(4)17(3)14-22;1-2;;/h13-15,19-21H,5-12H2,1-4H3;;2*1H. The highest BCUT2D eigenvalue weighted by atomic mass is 128. The molecule has 0 bridgehead atoms. The molecule has 24 heavy (non-hydrogen) atoms. The lowest BCUT2D eigenvalue weighted by Crippen LogP contribution is -2.24. The van der Waals surface area contributed by atoms with Crippen molar-refractivity contribution in [2.75, 3.05) is 0 Å². The van der Waals surface area contributed by atoms with Gasteiger partial charge in [0.25, 0.3) is 0 Å². The van der Waals surface area contributed by atoms with Crippen LogP contribution in [0.5, 0.6) is 0 Å². The summed E-state index contributed by atoms with van der Waals surface area (Å²) in [6.07, 6.45) is 11.8. The zero-order chi connectivity index (χ0) is 17.7. The molecule has 2 fully saturated rings. The Hall–Kier alpha value is 0.680. The quantitative estimate of drug-likeness (QED) is 0.319. The van der Waals surface area contributed by atoms with Gasteiger partial charge in [-0.3, -0.25) is 0 Å². The van der Waals surface area contributed by atoms with Crippen LogP contribution in [0.4, 0.5) is 0 Å². The van der Waals surface area contributed by atoms with Crippen LogP contribution >= 0.6 is 37.2 Å². The lowest BCUT2D eigenvalue weighted by atomic mass is 9.68. The van der Waals surface area contributed by atoms with Crippen molar-refractivity contribution in [2.24, 2.45) is 17.8 Å². The van der Waals surface area contributed by atoms with E-state index < -0.39 is 0 Å². The van der Waals surface area contributed by atoms with E-state index in [9.17, 15) is 0 Å². The third-order valence-corrected chi connectivity index (χ3v) is 6.92. The van der Waals surface area contributed by atoms with Crippen LogP contribution in [-0.4, -0.2) is 0 Å². The fourth-order valence-corrected chi connectivity index (χ4v) is 4.99. The van der Waals surface area contributed by atoms with Gasteiger partial charge in [-0.15, -0.1) is 0 Å². The molecule has 1 aromatic rings. The SMILES string of the molecule is Cc1cc(C2CCC(C3CCC(C)CC3)CC2)cc(C)c1C.II.[HH].[HH]. The summed E-state index contributed by atoms with van der Waals surface area (Å²) in [5.74, 6) is 3.91. The Bertz CT molecular complexity index is 494. The van der Waals surface area contributed by atoms with Gasteiger partial charge >= 0.3 is 0 Å². The largest absolute Gasteiger partial charge is 0.0625 e. The van der Waals surface area contributed by atoms with Crippen LogP contribution in [0.25, 0.3) is 0 Å². The number of halogens is 2. The van der Waals surface area contributed by atoms with Gasteiger partial charge in [0.2, 0.25) is 0 Å². The molecule has 140 valence electrons. The average Bonchev–Trinajstić information content (AvgIpc) is 2.62. The highest BCUT2D eigenvalue weighted by Gasteiger charge is 2.30. The Morgan fingerprint density at radius 1 is 0.750 bits per heavy atom. The number of benzene rings is 1. The first-order valence-corrected chi connectivity index (χ1v) is 16.0. The Balaban J connectivity index is 0.00000151. The Morgan fingerprint density at radius 2 is 1.17 bits per heavy atom. The molecule has 0 saturated heterocycles. The van der Waals surface area contributed by atoms with Crippen molar-refractivity contribution in [3.63, 3.8) is 0 Å². The average molecular weight is 556 g/mol. The van der Waals surface area contributed by atoms with Gasteiger partial charge in [-0.25, -0.2) is 0 Å². The third kappa shape index (κ3) is 5.34. The van der Waals surface area contributed by atoms with Crippen molar-refractivity contribution >= 4 is 37.2 Å². The molecule has 0 heterocycles. The summed E-state index contributed by atoms with van der Waals surface area (Å²) >= 11 is 4.24. The van der Waals surface area contributed by atoms with Crippen LogP contribution < -0.4 is 0 Å². The van der Waals surface area contributed by atoms with Crippen molar-refractivity contribution in [1.82, 2.24) is 0 Å². The Morgan fingerprint density at radius 3 is 1.62 bits per heavy atom. The molecule has 1 aromatic carbocycles. The molecular weight excluding hydrogens is 518 g/mol. The number of aryl methyl sites for hydroxylation is 2. The molecule has 3 rings (SSSR count). The summed E-state index contributed by atoms with van der Waals surface area (Å²) in [4.78, 5) is 0. The summed E-state index contributed by atoms with van der Waals surface area (Å²) in [5, 5.41) is 0. The molecule has 2 aliphatic rings. The van der Waals surface area contributed by atoms with E-state index in [2.05, 4.69) is 77.1 Å². The first kappa shape index (κ1) is 21.0. The van der Waals surface area contributed by atoms with E-state index in [-0.39, 0.29) is 2.85 Å². The molecule has 0 amide bonds. The minimum Gasteiger partial charge on any atom is -0.0625 e. The van der Waals surface area contributed by atoms with Crippen LogP contribution in [0.3, 0.4) is 0 Å². The van der Waals surface area contributed by atoms with Crippen molar-refractivity contribution in [2.45, 2.75) is 85.0 Å². The van der Waals surface area contributed by atoms with E-state index in [0.29, 0.717) is 0 Å². The van der Waals surface area contributed by atoms with Gasteiger partial charge in [0.05, 0.1) is 0 Å². The first-order valence-electron chi connectivity index (χ1n) is 9.76. The zero-order valence-electron chi connectivity index (χ0n) is 15.9. The van der Waals surface area contributed by atoms with Crippen molar-refractivity contribution < 1.29 is 2.85 Å².